The fourth-order valence-electron chi connectivity index (χ4n) is 3.20. The minimum atomic E-state index is -0.0875. The van der Waals surface area contributed by atoms with E-state index in [2.05, 4.69) is 16.5 Å². The molecule has 1 amide bonds. The van der Waals surface area contributed by atoms with Crippen LogP contribution < -0.4 is 9.88 Å². The number of hydrogen-bond donors (Lipinski definition) is 3. The lowest BCUT2D eigenvalue weighted by Gasteiger charge is -2.15. The molecule has 0 bridgehead atoms. The van der Waals surface area contributed by atoms with E-state index in [-0.39, 0.29) is 11.9 Å². The molecule has 3 N–H and O–H groups in total. The number of hydrogen-bond acceptors (Lipinski definition) is 3. The zero-order valence-electron chi connectivity index (χ0n) is 13.3. The van der Waals surface area contributed by atoms with Crippen molar-refractivity contribution in [1.29, 1.82) is 5.41 Å². The smallest absolute Gasteiger partial charge is 0.306 e. The van der Waals surface area contributed by atoms with Gasteiger partial charge in [0.2, 0.25) is 0 Å². The highest BCUT2D eigenvalue weighted by Gasteiger charge is 2.33. The van der Waals surface area contributed by atoms with Gasteiger partial charge in [0.25, 0.3) is 5.91 Å². The maximum Gasteiger partial charge on any atom is 0.306 e. The first kappa shape index (κ1) is 14.4. The van der Waals surface area contributed by atoms with Crippen LogP contribution >= 0.6 is 0 Å². The molecule has 2 aromatic heterocycles. The Morgan fingerprint density at radius 1 is 1.52 bits per heavy atom. The number of aromatic amines is 1. The van der Waals surface area contributed by atoms with Gasteiger partial charge in [0.15, 0.2) is 5.52 Å². The Hall–Kier alpha value is -2.24. The molecule has 0 saturated heterocycles. The molecule has 2 aliphatic rings. The molecule has 2 aromatic rings. The molecule has 120 valence electrons. The largest absolute Gasteiger partial charge is 0.348 e. The van der Waals surface area contributed by atoms with E-state index in [0.29, 0.717) is 23.8 Å². The third-order valence-corrected chi connectivity index (χ3v) is 4.87. The maximum atomic E-state index is 12.7. The second-order valence-corrected chi connectivity index (χ2v) is 6.81. The molecule has 1 atom stereocenters. The Kier molecular flexibility index (Phi) is 3.39. The van der Waals surface area contributed by atoms with Crippen LogP contribution in [0.5, 0.6) is 0 Å². The summed E-state index contributed by atoms with van der Waals surface area (Å²) in [4.78, 5) is 20.6. The van der Waals surface area contributed by atoms with E-state index < -0.39 is 0 Å². The Bertz CT molecular complexity index is 773. The lowest BCUT2D eigenvalue weighted by Crippen LogP contribution is -2.37. The summed E-state index contributed by atoms with van der Waals surface area (Å²) >= 11 is 0. The molecule has 6 heteroatoms. The molecule has 1 unspecified atom stereocenters. The summed E-state index contributed by atoms with van der Waals surface area (Å²) in [6.45, 7) is 0. The minimum Gasteiger partial charge on any atom is -0.348 e. The van der Waals surface area contributed by atoms with Gasteiger partial charge in [0.05, 0.1) is 12.7 Å². The number of fused-ring (bicyclic) bond motifs is 1. The Morgan fingerprint density at radius 2 is 2.30 bits per heavy atom. The second-order valence-electron chi connectivity index (χ2n) is 6.81. The summed E-state index contributed by atoms with van der Waals surface area (Å²) in [5, 5.41) is 10.4. The fourth-order valence-corrected chi connectivity index (χ4v) is 3.20. The van der Waals surface area contributed by atoms with Crippen molar-refractivity contribution in [3.05, 3.63) is 23.7 Å². The van der Waals surface area contributed by atoms with Crippen molar-refractivity contribution < 1.29 is 9.36 Å². The number of amides is 1. The zero-order valence-corrected chi connectivity index (χ0v) is 13.3. The standard InChI is InChI=1S/C17H21N5O/c1-22-9-14(11-4-5-11)20-15-12(8-19-16(15)22)17(23)21-13(6-7-18)10-2-3-10/h7-11,13,18H,2-6H2,1H3,(H,21,23)/p+1. The van der Waals surface area contributed by atoms with Crippen LogP contribution in [0.4, 0.5) is 0 Å². The fraction of sp³-hybridized carbons (Fsp3) is 0.529. The van der Waals surface area contributed by atoms with Crippen LogP contribution in [0.2, 0.25) is 0 Å². The third-order valence-electron chi connectivity index (χ3n) is 4.87. The maximum absolute atomic E-state index is 12.7. The molecule has 6 nitrogen and oxygen atoms in total. The molecular weight excluding hydrogens is 290 g/mol. The van der Waals surface area contributed by atoms with Crippen LogP contribution in [-0.2, 0) is 7.05 Å². The van der Waals surface area contributed by atoms with Crippen molar-refractivity contribution >= 4 is 23.3 Å². The van der Waals surface area contributed by atoms with Gasteiger partial charge in [0, 0.05) is 18.4 Å². The second kappa shape index (κ2) is 5.44. The highest BCUT2D eigenvalue weighted by atomic mass is 16.1. The lowest BCUT2D eigenvalue weighted by atomic mass is 10.1. The van der Waals surface area contributed by atoms with E-state index in [9.17, 15) is 4.79 Å². The van der Waals surface area contributed by atoms with Crippen LogP contribution in [0.25, 0.3) is 11.2 Å². The van der Waals surface area contributed by atoms with Gasteiger partial charge in [-0.1, -0.05) is 0 Å². The monoisotopic (exact) mass is 312 g/mol. The van der Waals surface area contributed by atoms with Gasteiger partial charge < -0.3 is 10.7 Å². The summed E-state index contributed by atoms with van der Waals surface area (Å²) in [6.07, 6.45) is 10.5. The molecule has 0 spiro atoms. The number of aryl methyl sites for hydroxylation is 1. The van der Waals surface area contributed by atoms with E-state index in [4.69, 9.17) is 10.4 Å². The molecule has 2 saturated carbocycles. The number of carbonyl (C=O) groups excluding carboxylic acids is 1. The van der Waals surface area contributed by atoms with Crippen LogP contribution in [0.3, 0.4) is 0 Å². The Morgan fingerprint density at radius 3 is 2.96 bits per heavy atom. The van der Waals surface area contributed by atoms with Gasteiger partial charge >= 0.3 is 5.65 Å². The van der Waals surface area contributed by atoms with E-state index in [1.165, 1.54) is 19.1 Å². The predicted molar refractivity (Wildman–Crippen MR) is 86.6 cm³/mol. The van der Waals surface area contributed by atoms with Gasteiger partial charge in [-0.3, -0.25) is 4.79 Å². The number of H-pyrrole nitrogens is 1. The first-order valence-electron chi connectivity index (χ1n) is 8.35. The third kappa shape index (κ3) is 2.73. The van der Waals surface area contributed by atoms with Gasteiger partial charge in [-0.15, -0.1) is 0 Å². The summed E-state index contributed by atoms with van der Waals surface area (Å²) in [6, 6.07) is 0.0744. The molecule has 0 radical (unpaired) electrons. The summed E-state index contributed by atoms with van der Waals surface area (Å²) in [7, 11) is 1.98. The first-order valence-corrected chi connectivity index (χ1v) is 8.35. The van der Waals surface area contributed by atoms with E-state index in [1.807, 2.05) is 11.6 Å². The van der Waals surface area contributed by atoms with Gasteiger partial charge in [-0.25, -0.2) is 14.5 Å². The molecule has 2 fully saturated rings. The van der Waals surface area contributed by atoms with Crippen molar-refractivity contribution in [3.8, 4) is 0 Å². The van der Waals surface area contributed by atoms with E-state index in [0.717, 1.165) is 29.7 Å². The molecule has 0 aromatic carbocycles. The van der Waals surface area contributed by atoms with Crippen LogP contribution in [0.15, 0.2) is 12.4 Å². The van der Waals surface area contributed by atoms with Gasteiger partial charge in [-0.05, 0) is 37.8 Å². The highest BCUT2D eigenvalue weighted by Crippen LogP contribution is 2.39. The van der Waals surface area contributed by atoms with Crippen molar-refractivity contribution in [2.24, 2.45) is 13.0 Å². The normalized spacial score (nSPS) is 18.8. The Balaban J connectivity index is 1.64. The highest BCUT2D eigenvalue weighted by molar-refractivity contribution is 6.04. The number of nitrogens with one attached hydrogen (secondary N) is 3. The lowest BCUT2D eigenvalue weighted by molar-refractivity contribution is -0.647. The van der Waals surface area contributed by atoms with Crippen LogP contribution in [0.1, 0.15) is 54.1 Å². The zero-order chi connectivity index (χ0) is 16.0. The number of rotatable bonds is 6. The molecule has 2 heterocycles. The van der Waals surface area contributed by atoms with Crippen molar-refractivity contribution in [3.63, 3.8) is 0 Å². The van der Waals surface area contributed by atoms with Crippen LogP contribution in [-0.4, -0.2) is 28.1 Å². The molecule has 2 aliphatic carbocycles. The van der Waals surface area contributed by atoms with Crippen molar-refractivity contribution in [2.75, 3.05) is 0 Å². The van der Waals surface area contributed by atoms with Crippen LogP contribution in [0, 0.1) is 11.3 Å². The van der Waals surface area contributed by atoms with Crippen molar-refractivity contribution in [1.82, 2.24) is 15.3 Å². The number of nitrogens with zero attached hydrogens (tertiary/aromatic N) is 2. The van der Waals surface area contributed by atoms with Crippen molar-refractivity contribution in [2.45, 2.75) is 44.1 Å². The van der Waals surface area contributed by atoms with E-state index >= 15 is 0 Å². The molecule has 23 heavy (non-hydrogen) atoms. The van der Waals surface area contributed by atoms with E-state index in [1.54, 1.807) is 6.20 Å². The summed E-state index contributed by atoms with van der Waals surface area (Å²) < 4.78 is 2.02. The first-order chi connectivity index (χ1) is 11.2. The average molecular weight is 312 g/mol. The predicted octanol–water partition coefficient (Wildman–Crippen LogP) is 1.81. The van der Waals surface area contributed by atoms with Gasteiger partial charge in [-0.2, -0.15) is 0 Å². The molecule has 0 aliphatic heterocycles. The molecule has 4 rings (SSSR count). The minimum absolute atomic E-state index is 0.0744. The summed E-state index contributed by atoms with van der Waals surface area (Å²) in [5.74, 6) is 0.987. The topological polar surface area (TPSA) is 85.5 Å². The quantitative estimate of drug-likeness (QED) is 0.561. The van der Waals surface area contributed by atoms with Gasteiger partial charge in [0.1, 0.15) is 18.0 Å². The SMILES string of the molecule is C[n+]1cc(C2CC2)nc2c(C(=O)NC(CC=N)C3CC3)c[nH]c21. The average Bonchev–Trinajstić information content (AvgIpc) is 3.43. The summed E-state index contributed by atoms with van der Waals surface area (Å²) in [5.41, 5.74) is 3.30. The molecular formula is C17H22N5O+. The number of aromatic nitrogens is 3. The Labute approximate surface area is 134 Å². The number of carbonyl (C=O) groups is 1.